The quantitative estimate of drug-likeness (QED) is 0.431. The molecule has 0 N–H and O–H groups in total. The maximum atomic E-state index is 2.74. The summed E-state index contributed by atoms with van der Waals surface area (Å²) in [5.74, 6) is 4.82. The molecular weight excluding hydrogens is 360 g/mol. The summed E-state index contributed by atoms with van der Waals surface area (Å²) >= 11 is 0. The van der Waals surface area contributed by atoms with Crippen LogP contribution in [0.25, 0.3) is 0 Å². The van der Waals surface area contributed by atoms with Crippen LogP contribution < -0.4 is 0 Å². The van der Waals surface area contributed by atoms with Crippen molar-refractivity contribution in [3.8, 4) is 0 Å². The number of allylic oxidation sites excluding steroid dienone is 2. The molecule has 4 aliphatic rings. The van der Waals surface area contributed by atoms with E-state index in [-0.39, 0.29) is 0 Å². The van der Waals surface area contributed by atoms with Crippen LogP contribution in [0.1, 0.15) is 97.0 Å². The Kier molecular flexibility index (Phi) is 5.66. The van der Waals surface area contributed by atoms with Crippen molar-refractivity contribution in [2.75, 3.05) is 0 Å². The molecule has 0 spiro atoms. The highest BCUT2D eigenvalue weighted by molar-refractivity contribution is 5.24. The zero-order valence-corrected chi connectivity index (χ0v) is 19.8. The van der Waals surface area contributed by atoms with Gasteiger partial charge in [0.25, 0.3) is 0 Å². The van der Waals surface area contributed by atoms with Gasteiger partial charge >= 0.3 is 0 Å². The van der Waals surface area contributed by atoms with E-state index in [4.69, 9.17) is 0 Å². The van der Waals surface area contributed by atoms with Gasteiger partial charge in [-0.05, 0) is 110 Å². The van der Waals surface area contributed by atoms with Crippen molar-refractivity contribution in [2.45, 2.75) is 97.8 Å². The van der Waals surface area contributed by atoms with E-state index in [9.17, 15) is 0 Å². The SMILES string of the molecule is C[C@H](CCCc1ccccc1)C1CCC2C3CC=C4CCCCC4(C)C3CCC21C. The predicted octanol–water partition coefficient (Wildman–Crippen LogP) is 8.61. The van der Waals surface area contributed by atoms with Crippen LogP contribution in [0.2, 0.25) is 0 Å². The normalized spacial score (nSPS) is 41.4. The number of aryl methyl sites for hydroxylation is 1. The first kappa shape index (κ1) is 20.8. The summed E-state index contributed by atoms with van der Waals surface area (Å²) in [4.78, 5) is 0. The Bertz CT molecular complexity index is 760. The average Bonchev–Trinajstić information content (AvgIpc) is 3.11. The topological polar surface area (TPSA) is 0 Å². The Hall–Kier alpha value is -1.04. The Balaban J connectivity index is 1.26. The number of rotatable bonds is 5. The number of benzene rings is 1. The lowest BCUT2D eigenvalue weighted by Gasteiger charge is -2.58. The van der Waals surface area contributed by atoms with Crippen LogP contribution in [-0.2, 0) is 6.42 Å². The average molecular weight is 405 g/mol. The van der Waals surface area contributed by atoms with Crippen LogP contribution in [0.5, 0.6) is 0 Å². The minimum absolute atomic E-state index is 0.557. The van der Waals surface area contributed by atoms with Gasteiger partial charge < -0.3 is 0 Å². The van der Waals surface area contributed by atoms with Crippen molar-refractivity contribution in [1.82, 2.24) is 0 Å². The molecule has 30 heavy (non-hydrogen) atoms. The molecule has 3 saturated carbocycles. The zero-order valence-electron chi connectivity index (χ0n) is 19.8. The monoisotopic (exact) mass is 404 g/mol. The molecular formula is C30H44. The van der Waals surface area contributed by atoms with E-state index >= 15 is 0 Å². The lowest BCUT2D eigenvalue weighted by molar-refractivity contribution is -0.0499. The zero-order chi connectivity index (χ0) is 20.8. The molecule has 3 fully saturated rings. The minimum atomic E-state index is 0.557. The fourth-order valence-corrected chi connectivity index (χ4v) is 9.15. The van der Waals surface area contributed by atoms with Crippen LogP contribution in [0.4, 0.5) is 0 Å². The predicted molar refractivity (Wildman–Crippen MR) is 128 cm³/mol. The molecule has 0 aliphatic heterocycles. The lowest BCUT2D eigenvalue weighted by Crippen LogP contribution is -2.50. The molecule has 1 aromatic carbocycles. The molecule has 0 saturated heterocycles. The molecule has 0 radical (unpaired) electrons. The van der Waals surface area contributed by atoms with Crippen molar-refractivity contribution in [3.05, 3.63) is 47.5 Å². The van der Waals surface area contributed by atoms with Gasteiger partial charge in [0, 0.05) is 0 Å². The van der Waals surface area contributed by atoms with E-state index in [1.807, 2.05) is 5.57 Å². The summed E-state index contributed by atoms with van der Waals surface area (Å²) in [5.41, 5.74) is 4.56. The Morgan fingerprint density at radius 1 is 0.967 bits per heavy atom. The first-order valence-electron chi connectivity index (χ1n) is 13.3. The second kappa shape index (κ2) is 8.14. The van der Waals surface area contributed by atoms with E-state index < -0.39 is 0 Å². The standard InChI is InChI=1S/C30H44/c1-22(10-9-13-23-11-5-4-6-12-23)26-17-18-27-25-16-15-24-14-7-8-20-29(24,2)28(25)19-21-30(26,27)3/h4-6,11-12,15,22,25-28H,7-10,13-14,16-21H2,1-3H3/t22-,25?,26?,27?,28?,29?,30?/m1/s1. The Morgan fingerprint density at radius 2 is 1.80 bits per heavy atom. The third kappa shape index (κ3) is 3.41. The number of hydrogen-bond acceptors (Lipinski definition) is 0. The van der Waals surface area contributed by atoms with E-state index in [2.05, 4.69) is 57.2 Å². The lowest BCUT2D eigenvalue weighted by atomic mass is 9.47. The molecule has 5 rings (SSSR count). The van der Waals surface area contributed by atoms with Gasteiger partial charge in [-0.1, -0.05) is 75.6 Å². The molecule has 0 nitrogen and oxygen atoms in total. The van der Waals surface area contributed by atoms with Gasteiger partial charge in [0.1, 0.15) is 0 Å². The summed E-state index contributed by atoms with van der Waals surface area (Å²) in [6.07, 6.45) is 20.0. The molecule has 4 aliphatic carbocycles. The maximum Gasteiger partial charge on any atom is -0.00853 e. The highest BCUT2D eigenvalue weighted by atomic mass is 14.6. The largest absolute Gasteiger partial charge is 0.0845 e. The molecule has 7 atom stereocenters. The van der Waals surface area contributed by atoms with Gasteiger partial charge in [-0.2, -0.15) is 0 Å². The van der Waals surface area contributed by atoms with Crippen molar-refractivity contribution in [3.63, 3.8) is 0 Å². The molecule has 0 heterocycles. The molecule has 0 aromatic heterocycles. The van der Waals surface area contributed by atoms with E-state index in [1.165, 1.54) is 82.6 Å². The highest BCUT2D eigenvalue weighted by Gasteiger charge is 2.58. The van der Waals surface area contributed by atoms with Crippen molar-refractivity contribution >= 4 is 0 Å². The van der Waals surface area contributed by atoms with Crippen molar-refractivity contribution in [2.24, 2.45) is 40.4 Å². The van der Waals surface area contributed by atoms with Gasteiger partial charge in [-0.25, -0.2) is 0 Å². The van der Waals surface area contributed by atoms with Crippen LogP contribution in [0, 0.1) is 40.4 Å². The molecule has 164 valence electrons. The van der Waals surface area contributed by atoms with E-state index in [0.29, 0.717) is 10.8 Å². The van der Waals surface area contributed by atoms with Crippen LogP contribution in [0.15, 0.2) is 42.0 Å². The fraction of sp³-hybridized carbons (Fsp3) is 0.733. The van der Waals surface area contributed by atoms with Gasteiger partial charge in [0.15, 0.2) is 0 Å². The van der Waals surface area contributed by atoms with Crippen LogP contribution >= 0.6 is 0 Å². The summed E-state index contributed by atoms with van der Waals surface area (Å²) in [6, 6.07) is 11.1. The first-order valence-corrected chi connectivity index (χ1v) is 13.3. The summed E-state index contributed by atoms with van der Waals surface area (Å²) < 4.78 is 0. The fourth-order valence-electron chi connectivity index (χ4n) is 9.15. The second-order valence-electron chi connectivity index (χ2n) is 12.0. The second-order valence-corrected chi connectivity index (χ2v) is 12.0. The molecule has 0 heteroatoms. The van der Waals surface area contributed by atoms with Gasteiger partial charge in [0.2, 0.25) is 0 Å². The Morgan fingerprint density at radius 3 is 2.63 bits per heavy atom. The molecule has 6 unspecified atom stereocenters. The molecule has 0 bridgehead atoms. The number of hydrogen-bond donors (Lipinski definition) is 0. The maximum absolute atomic E-state index is 2.74. The van der Waals surface area contributed by atoms with Gasteiger partial charge in [0.05, 0.1) is 0 Å². The summed E-state index contributed by atoms with van der Waals surface area (Å²) in [5, 5.41) is 0. The molecule has 1 aromatic rings. The van der Waals surface area contributed by atoms with Crippen LogP contribution in [0.3, 0.4) is 0 Å². The van der Waals surface area contributed by atoms with Crippen molar-refractivity contribution in [1.29, 1.82) is 0 Å². The minimum Gasteiger partial charge on any atom is -0.0845 e. The van der Waals surface area contributed by atoms with E-state index in [0.717, 1.165) is 29.6 Å². The third-order valence-electron chi connectivity index (χ3n) is 10.7. The summed E-state index contributed by atoms with van der Waals surface area (Å²) in [6.45, 7) is 7.98. The van der Waals surface area contributed by atoms with Crippen LogP contribution in [-0.4, -0.2) is 0 Å². The first-order chi connectivity index (χ1) is 14.5. The van der Waals surface area contributed by atoms with Gasteiger partial charge in [-0.15, -0.1) is 0 Å². The smallest absolute Gasteiger partial charge is 0.00853 e. The van der Waals surface area contributed by atoms with E-state index in [1.54, 1.807) is 0 Å². The molecule has 0 amide bonds. The summed E-state index contributed by atoms with van der Waals surface area (Å²) in [7, 11) is 0. The Labute approximate surface area is 185 Å². The van der Waals surface area contributed by atoms with Gasteiger partial charge in [-0.3, -0.25) is 0 Å². The number of fused-ring (bicyclic) bond motifs is 5. The third-order valence-corrected chi connectivity index (χ3v) is 10.7. The highest BCUT2D eigenvalue weighted by Crippen LogP contribution is 2.67. The van der Waals surface area contributed by atoms with Crippen molar-refractivity contribution < 1.29 is 0 Å².